The number of nitrogens with one attached hydrogen (secondary N) is 1. The quantitative estimate of drug-likeness (QED) is 0.871. The van der Waals surface area contributed by atoms with Gasteiger partial charge in [0.1, 0.15) is 5.82 Å². The number of hydrogen-bond acceptors (Lipinski definition) is 3. The van der Waals surface area contributed by atoms with Crippen molar-refractivity contribution in [1.29, 1.82) is 0 Å². The van der Waals surface area contributed by atoms with Crippen LogP contribution in [0.1, 0.15) is 37.9 Å². The third-order valence-corrected chi connectivity index (χ3v) is 4.20. The van der Waals surface area contributed by atoms with Crippen LogP contribution >= 0.6 is 0 Å². The first-order valence-corrected chi connectivity index (χ1v) is 6.81. The number of rotatable bonds is 3. The number of fused-ring (bicyclic) bond motifs is 1. The van der Waals surface area contributed by atoms with Gasteiger partial charge in [-0.1, -0.05) is 19.3 Å². The minimum atomic E-state index is 0.256. The summed E-state index contributed by atoms with van der Waals surface area (Å²) in [5.41, 5.74) is 8.12. The molecule has 4 nitrogen and oxygen atoms in total. The molecule has 3 N–H and O–H groups in total. The van der Waals surface area contributed by atoms with Crippen molar-refractivity contribution >= 4 is 11.2 Å². The lowest BCUT2D eigenvalue weighted by Gasteiger charge is -2.35. The minimum absolute atomic E-state index is 0.256. The zero-order chi connectivity index (χ0) is 12.4. The van der Waals surface area contributed by atoms with E-state index in [4.69, 9.17) is 5.73 Å². The van der Waals surface area contributed by atoms with E-state index in [1.54, 1.807) is 6.20 Å². The molecule has 0 bridgehead atoms. The van der Waals surface area contributed by atoms with Gasteiger partial charge in [-0.2, -0.15) is 0 Å². The summed E-state index contributed by atoms with van der Waals surface area (Å²) in [5, 5.41) is 0. The van der Waals surface area contributed by atoms with Crippen LogP contribution in [0, 0.1) is 5.41 Å². The maximum atomic E-state index is 6.02. The van der Waals surface area contributed by atoms with Gasteiger partial charge in [0.25, 0.3) is 0 Å². The van der Waals surface area contributed by atoms with Crippen molar-refractivity contribution in [1.82, 2.24) is 15.0 Å². The van der Waals surface area contributed by atoms with Gasteiger partial charge in [-0.15, -0.1) is 0 Å². The Labute approximate surface area is 107 Å². The molecule has 1 aliphatic rings. The van der Waals surface area contributed by atoms with Crippen molar-refractivity contribution in [2.75, 3.05) is 6.54 Å². The van der Waals surface area contributed by atoms with Gasteiger partial charge in [-0.3, -0.25) is 0 Å². The van der Waals surface area contributed by atoms with Crippen LogP contribution in [0.25, 0.3) is 11.2 Å². The Bertz CT molecular complexity index is 492. The highest BCUT2D eigenvalue weighted by Crippen LogP contribution is 2.37. The molecule has 0 unspecified atom stereocenters. The number of H-pyrrole nitrogens is 1. The topological polar surface area (TPSA) is 67.6 Å². The van der Waals surface area contributed by atoms with E-state index in [0.29, 0.717) is 0 Å². The Balaban J connectivity index is 1.85. The molecule has 0 spiro atoms. The van der Waals surface area contributed by atoms with Gasteiger partial charge < -0.3 is 10.7 Å². The van der Waals surface area contributed by atoms with E-state index in [1.165, 1.54) is 32.1 Å². The maximum Gasteiger partial charge on any atom is 0.177 e. The summed E-state index contributed by atoms with van der Waals surface area (Å²) in [6.45, 7) is 0.761. The van der Waals surface area contributed by atoms with Crippen LogP contribution in [-0.2, 0) is 6.42 Å². The van der Waals surface area contributed by atoms with Crippen molar-refractivity contribution in [3.8, 4) is 0 Å². The number of pyridine rings is 1. The van der Waals surface area contributed by atoms with Gasteiger partial charge >= 0.3 is 0 Å². The number of nitrogens with zero attached hydrogens (tertiary/aromatic N) is 2. The highest BCUT2D eigenvalue weighted by atomic mass is 15.0. The highest BCUT2D eigenvalue weighted by molar-refractivity contribution is 5.69. The van der Waals surface area contributed by atoms with E-state index in [2.05, 4.69) is 15.0 Å². The highest BCUT2D eigenvalue weighted by Gasteiger charge is 2.31. The Kier molecular flexibility index (Phi) is 3.04. The molecule has 1 fully saturated rings. The molecular formula is C14H20N4. The van der Waals surface area contributed by atoms with Gasteiger partial charge in [0.05, 0.1) is 5.52 Å². The van der Waals surface area contributed by atoms with Crippen molar-refractivity contribution in [3.05, 3.63) is 24.2 Å². The van der Waals surface area contributed by atoms with E-state index in [1.807, 2.05) is 12.1 Å². The molecular weight excluding hydrogens is 224 g/mol. The monoisotopic (exact) mass is 244 g/mol. The summed E-state index contributed by atoms with van der Waals surface area (Å²) in [6, 6.07) is 3.96. The summed E-state index contributed by atoms with van der Waals surface area (Å²) in [5.74, 6) is 1.04. The third kappa shape index (κ3) is 2.12. The fourth-order valence-electron chi connectivity index (χ4n) is 3.09. The maximum absolute atomic E-state index is 6.02. The van der Waals surface area contributed by atoms with Crippen LogP contribution in [0.5, 0.6) is 0 Å². The van der Waals surface area contributed by atoms with Gasteiger partial charge in [0.2, 0.25) is 0 Å². The SMILES string of the molecule is NCC1(Cc2nc3ncccc3[nH]2)CCCCC1. The Morgan fingerprint density at radius 3 is 2.83 bits per heavy atom. The lowest BCUT2D eigenvalue weighted by Crippen LogP contribution is -2.35. The van der Waals surface area contributed by atoms with Crippen LogP contribution in [0.4, 0.5) is 0 Å². The van der Waals surface area contributed by atoms with Crippen LogP contribution in [0.15, 0.2) is 18.3 Å². The number of hydrogen-bond donors (Lipinski definition) is 2. The first kappa shape index (κ1) is 11.7. The summed E-state index contributed by atoms with van der Waals surface area (Å²) in [6.07, 6.45) is 9.16. The van der Waals surface area contributed by atoms with E-state index < -0.39 is 0 Å². The van der Waals surface area contributed by atoms with E-state index in [9.17, 15) is 0 Å². The molecule has 18 heavy (non-hydrogen) atoms. The van der Waals surface area contributed by atoms with Gasteiger partial charge in [0.15, 0.2) is 5.65 Å². The van der Waals surface area contributed by atoms with Crippen LogP contribution in [-0.4, -0.2) is 21.5 Å². The van der Waals surface area contributed by atoms with Crippen molar-refractivity contribution in [3.63, 3.8) is 0 Å². The average Bonchev–Trinajstić information content (AvgIpc) is 2.81. The van der Waals surface area contributed by atoms with Crippen molar-refractivity contribution in [2.24, 2.45) is 11.1 Å². The molecule has 4 heteroatoms. The first-order chi connectivity index (χ1) is 8.81. The number of nitrogens with two attached hydrogens (primary N) is 1. The average molecular weight is 244 g/mol. The van der Waals surface area contributed by atoms with Crippen LogP contribution in [0.3, 0.4) is 0 Å². The second-order valence-corrected chi connectivity index (χ2v) is 5.50. The van der Waals surface area contributed by atoms with Gasteiger partial charge in [0, 0.05) is 12.6 Å². The molecule has 0 radical (unpaired) electrons. The second kappa shape index (κ2) is 4.69. The zero-order valence-corrected chi connectivity index (χ0v) is 10.7. The molecule has 3 rings (SSSR count). The summed E-state index contributed by atoms with van der Waals surface area (Å²) in [7, 11) is 0. The normalized spacial score (nSPS) is 19.2. The smallest absolute Gasteiger partial charge is 0.177 e. The summed E-state index contributed by atoms with van der Waals surface area (Å²) in [4.78, 5) is 12.2. The summed E-state index contributed by atoms with van der Waals surface area (Å²) >= 11 is 0. The molecule has 2 aromatic rings. The molecule has 96 valence electrons. The molecule has 1 saturated carbocycles. The van der Waals surface area contributed by atoms with E-state index in [-0.39, 0.29) is 5.41 Å². The zero-order valence-electron chi connectivity index (χ0n) is 10.7. The predicted octanol–water partition coefficient (Wildman–Crippen LogP) is 2.41. The van der Waals surface area contributed by atoms with E-state index >= 15 is 0 Å². The lowest BCUT2D eigenvalue weighted by atomic mass is 9.72. The number of aromatic nitrogens is 3. The number of imidazole rings is 1. The largest absolute Gasteiger partial charge is 0.341 e. The minimum Gasteiger partial charge on any atom is -0.341 e. The Morgan fingerprint density at radius 2 is 2.11 bits per heavy atom. The van der Waals surface area contributed by atoms with Gasteiger partial charge in [-0.05, 0) is 36.9 Å². The van der Waals surface area contributed by atoms with Crippen LogP contribution in [0.2, 0.25) is 0 Å². The first-order valence-electron chi connectivity index (χ1n) is 6.81. The van der Waals surface area contributed by atoms with Crippen molar-refractivity contribution in [2.45, 2.75) is 38.5 Å². The third-order valence-electron chi connectivity index (χ3n) is 4.20. The fourth-order valence-corrected chi connectivity index (χ4v) is 3.09. The summed E-state index contributed by atoms with van der Waals surface area (Å²) < 4.78 is 0. The number of aromatic amines is 1. The molecule has 2 aromatic heterocycles. The molecule has 2 heterocycles. The molecule has 0 aromatic carbocycles. The van der Waals surface area contributed by atoms with Crippen LogP contribution < -0.4 is 5.73 Å². The lowest BCUT2D eigenvalue weighted by molar-refractivity contribution is 0.194. The molecule has 0 saturated heterocycles. The Morgan fingerprint density at radius 1 is 1.28 bits per heavy atom. The molecule has 0 aliphatic heterocycles. The van der Waals surface area contributed by atoms with Crippen molar-refractivity contribution < 1.29 is 0 Å². The molecule has 0 atom stereocenters. The predicted molar refractivity (Wildman–Crippen MR) is 72.2 cm³/mol. The second-order valence-electron chi connectivity index (χ2n) is 5.50. The fraction of sp³-hybridized carbons (Fsp3) is 0.571. The molecule has 0 amide bonds. The van der Waals surface area contributed by atoms with Gasteiger partial charge in [-0.25, -0.2) is 9.97 Å². The standard InChI is InChI=1S/C14H20N4/c15-10-14(6-2-1-3-7-14)9-12-17-11-5-4-8-16-13(11)18-12/h4-5,8H,1-3,6-7,9-10,15H2,(H,16,17,18). The molecule has 1 aliphatic carbocycles. The van der Waals surface area contributed by atoms with E-state index in [0.717, 1.165) is 30.0 Å². The Hall–Kier alpha value is -1.42.